The van der Waals surface area contributed by atoms with Crippen LogP contribution in [0.2, 0.25) is 0 Å². The third kappa shape index (κ3) is 8.33. The number of aliphatic hydroxyl groups excluding tert-OH is 1. The molecule has 0 spiro atoms. The van der Waals surface area contributed by atoms with Gasteiger partial charge in [-0.3, -0.25) is 4.79 Å². The van der Waals surface area contributed by atoms with Crippen LogP contribution in [0.5, 0.6) is 0 Å². The van der Waals surface area contributed by atoms with E-state index in [1.807, 2.05) is 103 Å². The van der Waals surface area contributed by atoms with Crippen molar-refractivity contribution < 1.29 is 19.4 Å². The number of tetrazole rings is 1. The smallest absolute Gasteiger partial charge is 0.272 e. The average molecular weight is 711 g/mol. The Kier molecular flexibility index (Phi) is 10.8. The van der Waals surface area contributed by atoms with E-state index in [0.717, 1.165) is 39.1 Å². The van der Waals surface area contributed by atoms with Gasteiger partial charge in [-0.25, -0.2) is 0 Å². The summed E-state index contributed by atoms with van der Waals surface area (Å²) in [6, 6.07) is 33.2. The van der Waals surface area contributed by atoms with Crippen molar-refractivity contribution in [3.05, 3.63) is 125 Å². The fourth-order valence-corrected chi connectivity index (χ4v) is 6.35. The van der Waals surface area contributed by atoms with Crippen LogP contribution in [0.3, 0.4) is 0 Å². The number of para-hydroxylation sites is 1. The van der Waals surface area contributed by atoms with Crippen LogP contribution in [-0.4, -0.2) is 46.9 Å². The van der Waals surface area contributed by atoms with Crippen LogP contribution in [0, 0.1) is 0 Å². The van der Waals surface area contributed by atoms with Crippen molar-refractivity contribution in [1.29, 1.82) is 0 Å². The van der Waals surface area contributed by atoms with Gasteiger partial charge in [-0.2, -0.15) is 4.68 Å². The summed E-state index contributed by atoms with van der Waals surface area (Å²) >= 11 is 18.7. The molecule has 0 radical (unpaired) electrons. The number of rotatable bonds is 10. The summed E-state index contributed by atoms with van der Waals surface area (Å²) < 4.78 is 12.7. The molecular formula is C34H30Cl3N5O4S. The topological polar surface area (TPSA) is 111 Å². The van der Waals surface area contributed by atoms with Crippen molar-refractivity contribution in [3.8, 4) is 16.8 Å². The number of nitrogens with one attached hydrogen (secondary N) is 1. The van der Waals surface area contributed by atoms with Crippen LogP contribution >= 0.6 is 46.6 Å². The molecule has 242 valence electrons. The van der Waals surface area contributed by atoms with E-state index < -0.39 is 16.0 Å². The summed E-state index contributed by atoms with van der Waals surface area (Å²) in [6.07, 6.45) is -0.418. The Labute approximate surface area is 291 Å². The number of hydrogen-bond donors (Lipinski definition) is 2. The lowest BCUT2D eigenvalue weighted by atomic mass is 9.98. The van der Waals surface area contributed by atoms with Gasteiger partial charge in [0.05, 0.1) is 24.5 Å². The zero-order chi connectivity index (χ0) is 32.8. The molecule has 0 saturated carbocycles. The Morgan fingerprint density at radius 1 is 0.915 bits per heavy atom. The third-order valence-electron chi connectivity index (χ3n) is 7.66. The second-order valence-corrected chi connectivity index (χ2v) is 14.1. The predicted molar refractivity (Wildman–Crippen MR) is 182 cm³/mol. The summed E-state index contributed by atoms with van der Waals surface area (Å²) in [5.74, 6) is -0.0898. The molecule has 5 aromatic rings. The molecule has 2 heterocycles. The van der Waals surface area contributed by atoms with Gasteiger partial charge in [0, 0.05) is 24.3 Å². The van der Waals surface area contributed by atoms with Crippen LogP contribution in [0.15, 0.2) is 108 Å². The Morgan fingerprint density at radius 3 is 2.34 bits per heavy atom. The SMILES string of the molecule is O=C(NCc1ccccc1-c1ccc([C@H]2O[C@@H](CSc3nnnn3-c3ccccc3)C[C@@H](c3ccc(CO)cc3)O2)cc1)C(Cl)(Cl)Cl. The molecule has 1 aliphatic heterocycles. The Morgan fingerprint density at radius 2 is 1.62 bits per heavy atom. The van der Waals surface area contributed by atoms with Crippen molar-refractivity contribution in [2.45, 2.75) is 47.0 Å². The van der Waals surface area contributed by atoms with Gasteiger partial charge in [0.15, 0.2) is 6.29 Å². The van der Waals surface area contributed by atoms with Crippen molar-refractivity contribution >= 4 is 52.5 Å². The molecule has 1 fully saturated rings. The maximum Gasteiger partial charge on any atom is 0.272 e. The largest absolute Gasteiger partial charge is 0.392 e. The monoisotopic (exact) mass is 709 g/mol. The van der Waals surface area contributed by atoms with Crippen molar-refractivity contribution in [2.75, 3.05) is 5.75 Å². The first-order valence-corrected chi connectivity index (χ1v) is 16.9. The van der Waals surface area contributed by atoms with Crippen LogP contribution in [0.4, 0.5) is 0 Å². The minimum Gasteiger partial charge on any atom is -0.392 e. The molecule has 1 saturated heterocycles. The fraction of sp³-hybridized carbons (Fsp3) is 0.235. The Balaban J connectivity index is 1.21. The molecule has 1 aromatic heterocycles. The number of carbonyl (C=O) groups excluding carboxylic acids is 1. The molecule has 4 aromatic carbocycles. The first kappa shape index (κ1) is 33.4. The van der Waals surface area contributed by atoms with E-state index in [0.29, 0.717) is 17.3 Å². The number of alkyl halides is 3. The normalized spacial score (nSPS) is 18.2. The highest BCUT2D eigenvalue weighted by Gasteiger charge is 2.33. The average Bonchev–Trinajstić information content (AvgIpc) is 3.58. The van der Waals surface area contributed by atoms with E-state index in [2.05, 4.69) is 20.8 Å². The zero-order valence-corrected chi connectivity index (χ0v) is 28.0. The summed E-state index contributed by atoms with van der Waals surface area (Å²) in [5.41, 5.74) is 6.32. The molecule has 0 aliphatic carbocycles. The van der Waals surface area contributed by atoms with Gasteiger partial charge >= 0.3 is 0 Å². The molecule has 9 nitrogen and oxygen atoms in total. The van der Waals surface area contributed by atoms with E-state index in [9.17, 15) is 9.90 Å². The van der Waals surface area contributed by atoms with E-state index in [1.54, 1.807) is 4.68 Å². The lowest BCUT2D eigenvalue weighted by Gasteiger charge is -2.36. The molecule has 0 bridgehead atoms. The second-order valence-electron chi connectivity index (χ2n) is 10.8. The highest BCUT2D eigenvalue weighted by Crippen LogP contribution is 2.40. The van der Waals surface area contributed by atoms with Gasteiger partial charge in [0.1, 0.15) is 0 Å². The number of thioether (sulfide) groups is 1. The van der Waals surface area contributed by atoms with Gasteiger partial charge in [-0.05, 0) is 50.4 Å². The highest BCUT2D eigenvalue weighted by molar-refractivity contribution is 7.99. The second kappa shape index (κ2) is 15.2. The molecule has 47 heavy (non-hydrogen) atoms. The van der Waals surface area contributed by atoms with Crippen molar-refractivity contribution in [2.24, 2.45) is 0 Å². The van der Waals surface area contributed by atoms with Gasteiger partial charge in [0.2, 0.25) is 5.16 Å². The van der Waals surface area contributed by atoms with Gasteiger partial charge in [-0.15, -0.1) is 5.10 Å². The number of halogens is 3. The van der Waals surface area contributed by atoms with E-state index in [4.69, 9.17) is 44.3 Å². The number of carbonyl (C=O) groups is 1. The van der Waals surface area contributed by atoms with E-state index in [-0.39, 0.29) is 25.4 Å². The van der Waals surface area contributed by atoms with Crippen molar-refractivity contribution in [3.63, 3.8) is 0 Å². The lowest BCUT2D eigenvalue weighted by Crippen LogP contribution is -2.34. The van der Waals surface area contributed by atoms with Gasteiger partial charge < -0.3 is 19.9 Å². The van der Waals surface area contributed by atoms with Crippen LogP contribution < -0.4 is 5.32 Å². The molecule has 0 unspecified atom stereocenters. The Bertz CT molecular complexity index is 1790. The Hall–Kier alpha value is -3.48. The quantitative estimate of drug-likeness (QED) is 0.116. The number of hydrogen-bond acceptors (Lipinski definition) is 8. The highest BCUT2D eigenvalue weighted by atomic mass is 35.6. The molecule has 6 rings (SSSR count). The maximum atomic E-state index is 12.1. The van der Waals surface area contributed by atoms with Crippen LogP contribution in [0.25, 0.3) is 16.8 Å². The first-order chi connectivity index (χ1) is 22.8. The van der Waals surface area contributed by atoms with Crippen LogP contribution in [0.1, 0.15) is 41.1 Å². The predicted octanol–water partition coefficient (Wildman–Crippen LogP) is 7.15. The lowest BCUT2D eigenvalue weighted by molar-refractivity contribution is -0.245. The van der Waals surface area contributed by atoms with E-state index in [1.165, 1.54) is 11.8 Å². The summed E-state index contributed by atoms with van der Waals surface area (Å²) in [4.78, 5) is 12.1. The molecule has 1 aliphatic rings. The molecule has 1 amide bonds. The number of ether oxygens (including phenoxy) is 2. The van der Waals surface area contributed by atoms with E-state index >= 15 is 0 Å². The molecular weight excluding hydrogens is 681 g/mol. The third-order valence-corrected chi connectivity index (χ3v) is 9.23. The number of nitrogens with zero attached hydrogens (tertiary/aromatic N) is 4. The van der Waals surface area contributed by atoms with Gasteiger partial charge in [-0.1, -0.05) is 138 Å². The number of amides is 1. The molecule has 3 atom stereocenters. The van der Waals surface area contributed by atoms with Crippen LogP contribution in [-0.2, 0) is 27.4 Å². The molecule has 2 N–H and O–H groups in total. The van der Waals surface area contributed by atoms with Crippen molar-refractivity contribution in [1.82, 2.24) is 25.5 Å². The fourth-order valence-electron chi connectivity index (χ4n) is 5.24. The first-order valence-electron chi connectivity index (χ1n) is 14.8. The minimum absolute atomic E-state index is 0.0261. The standard InChI is InChI=1S/C34H30Cl3N5O4S/c35-34(36,37)32(44)38-19-26-6-4-5-9-29(26)23-14-16-25(17-15-23)31-45-28(18-30(46-31)24-12-10-22(20-43)11-13-24)21-47-33-39-40-41-42(33)27-7-2-1-3-8-27/h1-17,28,30-31,43H,18-21H2,(H,38,44)/t28-,30+,31+/m1/s1. The number of aliphatic hydroxyl groups is 1. The summed E-state index contributed by atoms with van der Waals surface area (Å²) in [5, 5.41) is 25.2. The zero-order valence-electron chi connectivity index (χ0n) is 24.9. The van der Waals surface area contributed by atoms with Gasteiger partial charge in [0.25, 0.3) is 9.70 Å². The number of benzene rings is 4. The maximum absolute atomic E-state index is 12.1. The summed E-state index contributed by atoms with van der Waals surface area (Å²) in [6.45, 7) is 0.171. The number of aromatic nitrogens is 4. The molecule has 13 heteroatoms. The summed E-state index contributed by atoms with van der Waals surface area (Å²) in [7, 11) is 0. The minimum atomic E-state index is -2.04.